The van der Waals surface area contributed by atoms with Crippen LogP contribution in [0.3, 0.4) is 0 Å². The molecule has 0 spiro atoms. The molecule has 0 unspecified atom stereocenters. The molecule has 1 aromatic carbocycles. The maximum atomic E-state index is 11.8. The summed E-state index contributed by atoms with van der Waals surface area (Å²) in [5.74, 6) is 0.190. The van der Waals surface area contributed by atoms with Crippen molar-refractivity contribution in [3.63, 3.8) is 0 Å². The second kappa shape index (κ2) is 5.12. The van der Waals surface area contributed by atoms with Gasteiger partial charge in [-0.3, -0.25) is 0 Å². The Bertz CT molecular complexity index is 433. The maximum Gasteiger partial charge on any atom is 0.321 e. The number of nitrogens with zero attached hydrogens (tertiary/aromatic N) is 1. The van der Waals surface area contributed by atoms with E-state index in [1.54, 1.807) is 23.1 Å². The minimum absolute atomic E-state index is 0.113. The molecule has 2 N–H and O–H groups in total. The quantitative estimate of drug-likeness (QED) is 0.871. The zero-order valence-electron chi connectivity index (χ0n) is 8.99. The molecule has 92 valence electrons. The molecule has 0 saturated carbocycles. The van der Waals surface area contributed by atoms with Crippen LogP contribution in [-0.4, -0.2) is 35.7 Å². The van der Waals surface area contributed by atoms with Gasteiger partial charge in [-0.2, -0.15) is 0 Å². The molecule has 1 fully saturated rings. The van der Waals surface area contributed by atoms with Gasteiger partial charge in [0.2, 0.25) is 0 Å². The van der Waals surface area contributed by atoms with Crippen molar-refractivity contribution < 1.29 is 9.90 Å². The molecule has 1 heterocycles. The van der Waals surface area contributed by atoms with E-state index in [2.05, 4.69) is 5.32 Å². The number of hydrogen-bond acceptors (Lipinski definition) is 2. The summed E-state index contributed by atoms with van der Waals surface area (Å²) in [6, 6.07) is 4.67. The van der Waals surface area contributed by atoms with Crippen LogP contribution in [-0.2, 0) is 0 Å². The van der Waals surface area contributed by atoms with Crippen LogP contribution in [0.2, 0.25) is 10.0 Å². The maximum absolute atomic E-state index is 11.8. The van der Waals surface area contributed by atoms with Crippen molar-refractivity contribution in [2.24, 2.45) is 5.92 Å². The summed E-state index contributed by atoms with van der Waals surface area (Å²) in [6.07, 6.45) is 0. The lowest BCUT2D eigenvalue weighted by molar-refractivity contribution is 0.0838. The van der Waals surface area contributed by atoms with Crippen LogP contribution in [0, 0.1) is 5.92 Å². The summed E-state index contributed by atoms with van der Waals surface area (Å²) in [5, 5.41) is 12.5. The number of benzene rings is 1. The third kappa shape index (κ3) is 2.83. The number of anilines is 1. The van der Waals surface area contributed by atoms with Gasteiger partial charge in [-0.05, 0) is 18.2 Å². The minimum atomic E-state index is -0.223. The number of carbonyl (C=O) groups excluding carboxylic acids is 1. The largest absolute Gasteiger partial charge is 0.396 e. The average molecular weight is 275 g/mol. The molecular formula is C11H12Cl2N2O2. The predicted octanol–water partition coefficient (Wildman–Crippen LogP) is 2.45. The van der Waals surface area contributed by atoms with E-state index < -0.39 is 0 Å². The molecule has 0 aliphatic carbocycles. The Labute approximate surface area is 109 Å². The van der Waals surface area contributed by atoms with Gasteiger partial charge in [0.1, 0.15) is 0 Å². The van der Waals surface area contributed by atoms with Gasteiger partial charge in [0, 0.05) is 30.6 Å². The van der Waals surface area contributed by atoms with Crippen molar-refractivity contribution in [1.82, 2.24) is 4.90 Å². The molecule has 1 aromatic rings. The summed E-state index contributed by atoms with van der Waals surface area (Å²) in [7, 11) is 0. The first-order valence-corrected chi connectivity index (χ1v) is 5.97. The second-order valence-electron chi connectivity index (χ2n) is 4.01. The van der Waals surface area contributed by atoms with Crippen molar-refractivity contribution >= 4 is 34.9 Å². The normalized spacial score (nSPS) is 15.6. The SMILES string of the molecule is O=C(Nc1cc(Cl)ccc1Cl)N1CC(CO)C1. The van der Waals surface area contributed by atoms with Crippen molar-refractivity contribution in [1.29, 1.82) is 0 Å². The van der Waals surface area contributed by atoms with E-state index in [0.717, 1.165) is 0 Å². The Morgan fingerprint density at radius 3 is 2.82 bits per heavy atom. The molecule has 6 heteroatoms. The molecule has 0 bridgehead atoms. The monoisotopic (exact) mass is 274 g/mol. The molecule has 2 rings (SSSR count). The summed E-state index contributed by atoms with van der Waals surface area (Å²) in [5.41, 5.74) is 0.497. The fraction of sp³-hybridized carbons (Fsp3) is 0.364. The highest BCUT2D eigenvalue weighted by molar-refractivity contribution is 6.35. The van der Waals surface area contributed by atoms with Gasteiger partial charge in [-0.15, -0.1) is 0 Å². The van der Waals surface area contributed by atoms with Crippen LogP contribution in [0.4, 0.5) is 10.5 Å². The fourth-order valence-corrected chi connectivity index (χ4v) is 1.98. The standard InChI is InChI=1S/C11H12Cl2N2O2/c12-8-1-2-9(13)10(3-8)14-11(17)15-4-7(5-15)6-16/h1-3,7,16H,4-6H2,(H,14,17). The van der Waals surface area contributed by atoms with Crippen LogP contribution < -0.4 is 5.32 Å². The topological polar surface area (TPSA) is 52.6 Å². The summed E-state index contributed by atoms with van der Waals surface area (Å²) in [6.45, 7) is 1.25. The van der Waals surface area contributed by atoms with E-state index in [9.17, 15) is 4.79 Å². The first kappa shape index (κ1) is 12.5. The van der Waals surface area contributed by atoms with E-state index in [0.29, 0.717) is 28.8 Å². The molecule has 2 amide bonds. The molecule has 4 nitrogen and oxygen atoms in total. The second-order valence-corrected chi connectivity index (χ2v) is 4.85. The van der Waals surface area contributed by atoms with Crippen LogP contribution >= 0.6 is 23.2 Å². The number of aliphatic hydroxyl groups is 1. The molecule has 1 saturated heterocycles. The molecule has 0 atom stereocenters. The van der Waals surface area contributed by atoms with Crippen LogP contribution in [0.15, 0.2) is 18.2 Å². The fourth-order valence-electron chi connectivity index (χ4n) is 1.64. The predicted molar refractivity (Wildman–Crippen MR) is 67.6 cm³/mol. The van der Waals surface area contributed by atoms with E-state index >= 15 is 0 Å². The number of carbonyl (C=O) groups is 1. The Balaban J connectivity index is 1.97. The first-order valence-electron chi connectivity index (χ1n) is 5.22. The molecule has 0 radical (unpaired) electrons. The Kier molecular flexibility index (Phi) is 3.76. The van der Waals surface area contributed by atoms with E-state index in [4.69, 9.17) is 28.3 Å². The van der Waals surface area contributed by atoms with Gasteiger partial charge in [-0.1, -0.05) is 23.2 Å². The highest BCUT2D eigenvalue weighted by Gasteiger charge is 2.30. The van der Waals surface area contributed by atoms with E-state index in [-0.39, 0.29) is 18.6 Å². The minimum Gasteiger partial charge on any atom is -0.396 e. The van der Waals surface area contributed by atoms with Crippen molar-refractivity contribution in [3.8, 4) is 0 Å². The number of amides is 2. The summed E-state index contributed by atoms with van der Waals surface area (Å²) >= 11 is 11.7. The zero-order chi connectivity index (χ0) is 12.4. The van der Waals surface area contributed by atoms with Gasteiger partial charge in [0.15, 0.2) is 0 Å². The Morgan fingerprint density at radius 1 is 1.47 bits per heavy atom. The number of aliphatic hydroxyl groups excluding tert-OH is 1. The lowest BCUT2D eigenvalue weighted by Crippen LogP contribution is -2.52. The number of likely N-dealkylation sites (tertiary alicyclic amines) is 1. The van der Waals surface area contributed by atoms with Gasteiger partial charge in [-0.25, -0.2) is 4.79 Å². The van der Waals surface area contributed by atoms with Gasteiger partial charge >= 0.3 is 6.03 Å². The van der Waals surface area contributed by atoms with Crippen LogP contribution in [0.1, 0.15) is 0 Å². The first-order chi connectivity index (χ1) is 8.10. The highest BCUT2D eigenvalue weighted by Crippen LogP contribution is 2.26. The summed E-state index contributed by atoms with van der Waals surface area (Å²) < 4.78 is 0. The number of urea groups is 1. The molecular weight excluding hydrogens is 263 g/mol. The summed E-state index contributed by atoms with van der Waals surface area (Å²) in [4.78, 5) is 13.4. The van der Waals surface area contributed by atoms with Gasteiger partial charge in [0.05, 0.1) is 10.7 Å². The smallest absolute Gasteiger partial charge is 0.321 e. The third-order valence-electron chi connectivity index (χ3n) is 2.67. The van der Waals surface area contributed by atoms with Crippen molar-refractivity contribution in [3.05, 3.63) is 28.2 Å². The van der Waals surface area contributed by atoms with Gasteiger partial charge in [0.25, 0.3) is 0 Å². The molecule has 17 heavy (non-hydrogen) atoms. The number of hydrogen-bond donors (Lipinski definition) is 2. The third-order valence-corrected chi connectivity index (χ3v) is 3.24. The van der Waals surface area contributed by atoms with E-state index in [1.165, 1.54) is 0 Å². The van der Waals surface area contributed by atoms with Crippen molar-refractivity contribution in [2.75, 3.05) is 25.0 Å². The number of halogens is 2. The van der Waals surface area contributed by atoms with Crippen LogP contribution in [0.25, 0.3) is 0 Å². The molecule has 1 aliphatic rings. The van der Waals surface area contributed by atoms with E-state index in [1.807, 2.05) is 0 Å². The van der Waals surface area contributed by atoms with Crippen LogP contribution in [0.5, 0.6) is 0 Å². The molecule has 1 aliphatic heterocycles. The zero-order valence-corrected chi connectivity index (χ0v) is 10.5. The van der Waals surface area contributed by atoms with Crippen molar-refractivity contribution in [2.45, 2.75) is 0 Å². The van der Waals surface area contributed by atoms with Gasteiger partial charge < -0.3 is 15.3 Å². The highest BCUT2D eigenvalue weighted by atomic mass is 35.5. The average Bonchev–Trinajstić information content (AvgIpc) is 2.22. The Morgan fingerprint density at radius 2 is 2.18 bits per heavy atom. The Hall–Kier alpha value is -0.970. The lowest BCUT2D eigenvalue weighted by atomic mass is 10.0. The lowest BCUT2D eigenvalue weighted by Gasteiger charge is -2.38. The molecule has 0 aromatic heterocycles. The number of nitrogens with one attached hydrogen (secondary N) is 1. The number of rotatable bonds is 2.